The van der Waals surface area contributed by atoms with E-state index in [4.69, 9.17) is 46.4 Å². The van der Waals surface area contributed by atoms with Crippen LogP contribution in [0.3, 0.4) is 0 Å². The average molecular weight is 1050 g/mol. The third kappa shape index (κ3) is 14.0. The second kappa shape index (κ2) is 22.8. The number of hydrogen-bond acceptors (Lipinski definition) is 10. The lowest BCUT2D eigenvalue weighted by Gasteiger charge is -2.20. The number of alkyl halides is 6. The van der Waals surface area contributed by atoms with Crippen molar-refractivity contribution in [2.75, 3.05) is 21.3 Å². The van der Waals surface area contributed by atoms with Gasteiger partial charge in [-0.15, -0.1) is 0 Å². The molecule has 0 aliphatic carbocycles. The largest absolute Gasteiger partial charge is 0.418 e. The normalized spacial score (nSPS) is 12.7. The van der Waals surface area contributed by atoms with Crippen LogP contribution >= 0.6 is 46.4 Å². The Bertz CT molecular complexity index is 2770. The first kappa shape index (κ1) is 54.2. The van der Waals surface area contributed by atoms with Gasteiger partial charge in [0, 0.05) is 42.6 Å². The van der Waals surface area contributed by atoms with E-state index >= 15 is 0 Å². The number of ketones is 2. The monoisotopic (exact) mass is 1050 g/mol. The minimum absolute atomic E-state index is 0.0784. The van der Waals surface area contributed by atoms with Gasteiger partial charge in [0.05, 0.1) is 33.9 Å². The summed E-state index contributed by atoms with van der Waals surface area (Å²) in [4.78, 5) is 78.7. The molecule has 0 aromatic heterocycles. The number of amides is 4. The van der Waals surface area contributed by atoms with Gasteiger partial charge in [0.1, 0.15) is 0 Å². The standard InChI is InChI=1S/C46H36Cl4F6N8O6/c1-5-31-32(6-2)36(58-44(70)40(22(4)66)64-62-30-16-24(14-28(50)18-30)42(68)60-38-10-8-26(48)20-34(38)46(54,55)56)12-11-35(31)57-43(69)39(21(3)65)63-61-29-15-23(13-27(49)17-29)41(67)59-37-9-7-25(47)19-33(37)45(51,52)53/h7-20,39-40H,5-6H2,1-4H3,(H,57,69)(H,58,70)(H,59,67)(H,60,68). The molecule has 2 unspecified atom stereocenters. The molecule has 0 heterocycles. The molecule has 5 rings (SSSR count). The topological polar surface area (TPSA) is 200 Å². The second-order valence-electron chi connectivity index (χ2n) is 14.9. The molecule has 0 bridgehead atoms. The molecule has 0 aliphatic heterocycles. The third-order valence-electron chi connectivity index (χ3n) is 9.86. The fraction of sp³-hybridized carbons (Fsp3) is 0.217. The molecule has 4 amide bonds. The van der Waals surface area contributed by atoms with Crippen LogP contribution in [0.4, 0.5) is 60.5 Å². The number of carbonyl (C=O) groups is 6. The SMILES string of the molecule is CCc1c(NC(=O)C(N=Nc2cc(Cl)cc(C(=O)Nc3ccc(Cl)cc3C(F)(F)F)c2)C(C)=O)ccc(NC(=O)C(N=Nc2cc(Cl)cc(C(=O)Nc3ccc(Cl)cc3C(F)(F)F)c2)C(C)=O)c1CC. The van der Waals surface area contributed by atoms with E-state index in [0.717, 1.165) is 62.4 Å². The van der Waals surface area contributed by atoms with Crippen LogP contribution in [0.2, 0.25) is 20.1 Å². The van der Waals surface area contributed by atoms with Gasteiger partial charge in [0.25, 0.3) is 23.6 Å². The molecule has 366 valence electrons. The Morgan fingerprint density at radius 1 is 0.486 bits per heavy atom. The number of halogens is 10. The quantitative estimate of drug-likeness (QED) is 0.0430. The number of carbonyl (C=O) groups excluding carboxylic acids is 6. The molecule has 4 N–H and O–H groups in total. The molecule has 70 heavy (non-hydrogen) atoms. The average Bonchev–Trinajstić information content (AvgIpc) is 3.26. The molecule has 0 saturated carbocycles. The van der Waals surface area contributed by atoms with Crippen LogP contribution in [0.15, 0.2) is 105 Å². The molecule has 5 aromatic carbocycles. The number of benzene rings is 5. The highest BCUT2D eigenvalue weighted by molar-refractivity contribution is 6.32. The van der Waals surface area contributed by atoms with Crippen LogP contribution in [0.5, 0.6) is 0 Å². The summed E-state index contributed by atoms with van der Waals surface area (Å²) >= 11 is 23.8. The highest BCUT2D eigenvalue weighted by Gasteiger charge is 2.36. The number of nitrogens with zero attached hydrogens (tertiary/aromatic N) is 4. The van der Waals surface area contributed by atoms with Gasteiger partial charge in [-0.25, -0.2) is 0 Å². The zero-order chi connectivity index (χ0) is 51.8. The fourth-order valence-corrected chi connectivity index (χ4v) is 7.46. The maximum Gasteiger partial charge on any atom is 0.418 e. The molecular formula is C46H36Cl4F6N8O6. The van der Waals surface area contributed by atoms with Gasteiger partial charge in [-0.2, -0.15) is 46.8 Å². The summed E-state index contributed by atoms with van der Waals surface area (Å²) in [5.74, 6) is -5.36. The molecule has 0 fully saturated rings. The van der Waals surface area contributed by atoms with E-state index < -0.39 is 82.1 Å². The van der Waals surface area contributed by atoms with Gasteiger partial charge in [-0.1, -0.05) is 60.3 Å². The highest BCUT2D eigenvalue weighted by atomic mass is 35.5. The van der Waals surface area contributed by atoms with Crippen LogP contribution in [0.1, 0.15) is 70.7 Å². The molecule has 0 spiro atoms. The lowest BCUT2D eigenvalue weighted by molar-refractivity contribution is -0.137. The highest BCUT2D eigenvalue weighted by Crippen LogP contribution is 2.39. The molecular weight excluding hydrogens is 1020 g/mol. The van der Waals surface area contributed by atoms with Crippen LogP contribution in [-0.4, -0.2) is 47.3 Å². The first-order valence-electron chi connectivity index (χ1n) is 20.4. The summed E-state index contributed by atoms with van der Waals surface area (Å²) in [5.41, 5.74) is -2.82. The number of azo groups is 2. The van der Waals surface area contributed by atoms with Crippen molar-refractivity contribution in [1.29, 1.82) is 0 Å². The van der Waals surface area contributed by atoms with Gasteiger partial charge in [0.2, 0.25) is 12.1 Å². The van der Waals surface area contributed by atoms with Gasteiger partial charge >= 0.3 is 12.4 Å². The molecule has 5 aromatic rings. The van der Waals surface area contributed by atoms with Crippen LogP contribution in [-0.2, 0) is 44.4 Å². The Labute approximate surface area is 414 Å². The molecule has 0 saturated heterocycles. The smallest absolute Gasteiger partial charge is 0.323 e. The Hall–Kier alpha value is -6.74. The first-order valence-corrected chi connectivity index (χ1v) is 21.9. The number of rotatable bonds is 16. The Balaban J connectivity index is 1.32. The van der Waals surface area contributed by atoms with Crippen molar-refractivity contribution in [1.82, 2.24) is 0 Å². The molecule has 0 radical (unpaired) electrons. The third-order valence-corrected chi connectivity index (χ3v) is 10.8. The number of nitrogens with one attached hydrogen (secondary N) is 4. The molecule has 0 aliphatic rings. The van der Waals surface area contributed by atoms with Crippen LogP contribution in [0.25, 0.3) is 0 Å². The van der Waals surface area contributed by atoms with Crippen molar-refractivity contribution in [2.24, 2.45) is 20.5 Å². The zero-order valence-electron chi connectivity index (χ0n) is 36.7. The van der Waals surface area contributed by atoms with Gasteiger partial charge in [0.15, 0.2) is 11.6 Å². The predicted octanol–water partition coefficient (Wildman–Crippen LogP) is 13.3. The van der Waals surface area contributed by atoms with Gasteiger partial charge < -0.3 is 21.3 Å². The van der Waals surface area contributed by atoms with Gasteiger partial charge in [-0.3, -0.25) is 28.8 Å². The summed E-state index contributed by atoms with van der Waals surface area (Å²) in [6.45, 7) is 5.65. The maximum absolute atomic E-state index is 13.6. The van der Waals surface area contributed by atoms with Crippen molar-refractivity contribution in [3.63, 3.8) is 0 Å². The van der Waals surface area contributed by atoms with E-state index in [0.29, 0.717) is 23.3 Å². The van der Waals surface area contributed by atoms with Crippen molar-refractivity contribution in [2.45, 2.75) is 65.0 Å². The molecule has 14 nitrogen and oxygen atoms in total. The zero-order valence-corrected chi connectivity index (χ0v) is 39.7. The Morgan fingerprint density at radius 3 is 1.14 bits per heavy atom. The summed E-state index contributed by atoms with van der Waals surface area (Å²) in [6, 6.07) is 11.9. The second-order valence-corrected chi connectivity index (χ2v) is 16.7. The van der Waals surface area contributed by atoms with Crippen molar-refractivity contribution >= 4 is 116 Å². The number of anilines is 4. The van der Waals surface area contributed by atoms with Crippen LogP contribution in [0, 0.1) is 0 Å². The van der Waals surface area contributed by atoms with E-state index in [1.165, 1.54) is 24.3 Å². The Morgan fingerprint density at radius 2 is 0.829 bits per heavy atom. The minimum atomic E-state index is -4.85. The summed E-state index contributed by atoms with van der Waals surface area (Å²) in [6.07, 6.45) is -9.15. The summed E-state index contributed by atoms with van der Waals surface area (Å²) in [7, 11) is 0. The lowest BCUT2D eigenvalue weighted by Crippen LogP contribution is -2.33. The van der Waals surface area contributed by atoms with E-state index in [2.05, 4.69) is 41.7 Å². The van der Waals surface area contributed by atoms with E-state index in [1.807, 2.05) is 0 Å². The molecule has 24 heteroatoms. The van der Waals surface area contributed by atoms with E-state index in [9.17, 15) is 55.1 Å². The summed E-state index contributed by atoms with van der Waals surface area (Å²) < 4.78 is 81.8. The first-order chi connectivity index (χ1) is 32.8. The van der Waals surface area contributed by atoms with Crippen molar-refractivity contribution < 1.29 is 55.1 Å². The van der Waals surface area contributed by atoms with Gasteiger partial charge in [-0.05, 0) is 123 Å². The summed E-state index contributed by atoms with van der Waals surface area (Å²) in [5, 5.41) is 24.7. The van der Waals surface area contributed by atoms with Crippen molar-refractivity contribution in [3.05, 3.63) is 138 Å². The number of hydrogen-bond donors (Lipinski definition) is 4. The predicted molar refractivity (Wildman–Crippen MR) is 252 cm³/mol. The van der Waals surface area contributed by atoms with E-state index in [-0.39, 0.29) is 66.8 Å². The number of Topliss-reactive ketones (excluding diaryl/α,β-unsaturated/α-hetero) is 2. The minimum Gasteiger partial charge on any atom is -0.323 e. The molecule has 2 atom stereocenters. The van der Waals surface area contributed by atoms with Crippen molar-refractivity contribution in [3.8, 4) is 0 Å². The van der Waals surface area contributed by atoms with Crippen LogP contribution < -0.4 is 21.3 Å². The Kier molecular flexibility index (Phi) is 17.6. The maximum atomic E-state index is 13.6. The van der Waals surface area contributed by atoms with E-state index in [1.54, 1.807) is 13.8 Å². The lowest BCUT2D eigenvalue weighted by atomic mass is 9.98. The fourth-order valence-electron chi connectivity index (χ4n) is 6.66.